The maximum absolute atomic E-state index is 12.4. The maximum Gasteiger partial charge on any atom is 0.217 e. The molecule has 1 aromatic heterocycles. The van der Waals surface area contributed by atoms with Crippen LogP contribution in [0.5, 0.6) is 0 Å². The molecule has 1 saturated heterocycles. The second kappa shape index (κ2) is 4.79. The molecule has 21 heavy (non-hydrogen) atoms. The van der Waals surface area contributed by atoms with E-state index in [1.54, 1.807) is 6.92 Å². The molecule has 0 bridgehead atoms. The summed E-state index contributed by atoms with van der Waals surface area (Å²) in [5.74, 6) is 0. The number of hydrogen-bond donors (Lipinski definition) is 1. The molecular formula is C14H23N3O3S. The second-order valence-electron chi connectivity index (χ2n) is 6.47. The SMILES string of the molecule is Cc1nn(C)c(C)c1[C@@H]1OCC[C@H]1NS(=O)(=O)C1(C)CC1. The zero-order valence-electron chi connectivity index (χ0n) is 13.0. The quantitative estimate of drug-likeness (QED) is 0.910. The van der Waals surface area contributed by atoms with Gasteiger partial charge in [0.25, 0.3) is 0 Å². The average molecular weight is 313 g/mol. The van der Waals surface area contributed by atoms with Crippen LogP contribution in [0.1, 0.15) is 49.2 Å². The van der Waals surface area contributed by atoms with Gasteiger partial charge < -0.3 is 4.74 Å². The molecule has 2 fully saturated rings. The Bertz CT molecular complexity index is 661. The summed E-state index contributed by atoms with van der Waals surface area (Å²) < 4.78 is 34.8. The van der Waals surface area contributed by atoms with Gasteiger partial charge >= 0.3 is 0 Å². The summed E-state index contributed by atoms with van der Waals surface area (Å²) in [4.78, 5) is 0. The number of nitrogens with zero attached hydrogens (tertiary/aromatic N) is 2. The summed E-state index contributed by atoms with van der Waals surface area (Å²) in [6, 6.07) is -0.200. The molecule has 0 amide bonds. The molecule has 1 aliphatic heterocycles. The Morgan fingerprint density at radius 1 is 1.38 bits per heavy atom. The third-order valence-corrected chi connectivity index (χ3v) is 7.17. The minimum atomic E-state index is -3.29. The van der Waals surface area contributed by atoms with Gasteiger partial charge in [-0.3, -0.25) is 4.68 Å². The number of rotatable bonds is 4. The highest BCUT2D eigenvalue weighted by molar-refractivity contribution is 7.91. The molecule has 2 aliphatic rings. The molecule has 1 saturated carbocycles. The highest BCUT2D eigenvalue weighted by atomic mass is 32.2. The minimum Gasteiger partial charge on any atom is -0.372 e. The first-order valence-electron chi connectivity index (χ1n) is 7.39. The number of ether oxygens (including phenoxy) is 1. The molecule has 7 heteroatoms. The molecule has 1 N–H and O–H groups in total. The van der Waals surface area contributed by atoms with Gasteiger partial charge in [0.15, 0.2) is 0 Å². The molecule has 118 valence electrons. The van der Waals surface area contributed by atoms with Gasteiger partial charge in [-0.15, -0.1) is 0 Å². The fraction of sp³-hybridized carbons (Fsp3) is 0.786. The van der Waals surface area contributed by atoms with Gasteiger partial charge in [-0.25, -0.2) is 13.1 Å². The predicted octanol–water partition coefficient (Wildman–Crippen LogP) is 1.34. The summed E-state index contributed by atoms with van der Waals surface area (Å²) in [7, 11) is -1.39. The summed E-state index contributed by atoms with van der Waals surface area (Å²) in [6.45, 7) is 6.31. The number of sulfonamides is 1. The van der Waals surface area contributed by atoms with Crippen LogP contribution >= 0.6 is 0 Å². The van der Waals surface area contributed by atoms with E-state index < -0.39 is 14.8 Å². The Balaban J connectivity index is 1.86. The molecule has 2 atom stereocenters. The Kier molecular flexibility index (Phi) is 3.42. The van der Waals surface area contributed by atoms with Crippen molar-refractivity contribution in [2.45, 2.75) is 56.9 Å². The van der Waals surface area contributed by atoms with Crippen molar-refractivity contribution in [2.24, 2.45) is 7.05 Å². The van der Waals surface area contributed by atoms with Crippen molar-refractivity contribution >= 4 is 10.0 Å². The topological polar surface area (TPSA) is 73.2 Å². The number of hydrogen-bond acceptors (Lipinski definition) is 4. The molecule has 1 aromatic rings. The lowest BCUT2D eigenvalue weighted by Crippen LogP contribution is -2.42. The number of aromatic nitrogens is 2. The van der Waals surface area contributed by atoms with Crippen molar-refractivity contribution in [1.29, 1.82) is 0 Å². The zero-order chi connectivity index (χ0) is 15.4. The van der Waals surface area contributed by atoms with Gasteiger partial charge in [-0.1, -0.05) is 0 Å². The standard InChI is InChI=1S/C14H23N3O3S/c1-9-12(10(2)17(4)15-9)13-11(5-8-20-13)16-21(18,19)14(3)6-7-14/h11,13,16H,5-8H2,1-4H3/t11-,13-/m1/s1. The normalized spacial score (nSPS) is 28.0. The summed E-state index contributed by atoms with van der Waals surface area (Å²) >= 11 is 0. The monoisotopic (exact) mass is 313 g/mol. The van der Waals surface area contributed by atoms with Gasteiger partial charge in [-0.2, -0.15) is 5.10 Å². The third kappa shape index (κ3) is 2.41. The first kappa shape index (κ1) is 15.0. The lowest BCUT2D eigenvalue weighted by Gasteiger charge is -2.22. The highest BCUT2D eigenvalue weighted by Crippen LogP contribution is 2.43. The lowest BCUT2D eigenvalue weighted by atomic mass is 10.0. The third-order valence-electron chi connectivity index (χ3n) is 4.85. The van der Waals surface area contributed by atoms with Crippen LogP contribution in [0.15, 0.2) is 0 Å². The molecule has 3 rings (SSSR count). The van der Waals surface area contributed by atoms with Gasteiger partial charge in [0.05, 0.1) is 16.5 Å². The van der Waals surface area contributed by atoms with Crippen LogP contribution in [0.25, 0.3) is 0 Å². The van der Waals surface area contributed by atoms with Crippen molar-refractivity contribution in [3.63, 3.8) is 0 Å². The highest BCUT2D eigenvalue weighted by Gasteiger charge is 2.51. The first-order chi connectivity index (χ1) is 9.75. The molecule has 2 heterocycles. The van der Waals surface area contributed by atoms with E-state index in [1.807, 2.05) is 25.6 Å². The molecular weight excluding hydrogens is 290 g/mol. The van der Waals surface area contributed by atoms with E-state index in [2.05, 4.69) is 9.82 Å². The summed E-state index contributed by atoms with van der Waals surface area (Å²) in [6.07, 6.45) is 1.95. The van der Waals surface area contributed by atoms with E-state index in [0.717, 1.165) is 29.8 Å². The van der Waals surface area contributed by atoms with E-state index in [1.165, 1.54) is 0 Å². The van der Waals surface area contributed by atoms with Gasteiger partial charge in [0, 0.05) is 24.9 Å². The largest absolute Gasteiger partial charge is 0.372 e. The summed E-state index contributed by atoms with van der Waals surface area (Å²) in [5.41, 5.74) is 2.95. The van der Waals surface area contributed by atoms with E-state index >= 15 is 0 Å². The van der Waals surface area contributed by atoms with Crippen LogP contribution in [0, 0.1) is 13.8 Å². The van der Waals surface area contributed by atoms with E-state index in [0.29, 0.717) is 13.0 Å². The van der Waals surface area contributed by atoms with Crippen molar-refractivity contribution in [3.05, 3.63) is 17.0 Å². The summed E-state index contributed by atoms with van der Waals surface area (Å²) in [5, 5.41) is 4.41. The van der Waals surface area contributed by atoms with Crippen molar-refractivity contribution in [1.82, 2.24) is 14.5 Å². The van der Waals surface area contributed by atoms with Gasteiger partial charge in [0.1, 0.15) is 6.10 Å². The predicted molar refractivity (Wildman–Crippen MR) is 79.5 cm³/mol. The fourth-order valence-electron chi connectivity index (χ4n) is 2.98. The van der Waals surface area contributed by atoms with Crippen molar-refractivity contribution < 1.29 is 13.2 Å². The van der Waals surface area contributed by atoms with Crippen molar-refractivity contribution in [2.75, 3.05) is 6.61 Å². The number of aryl methyl sites for hydroxylation is 2. The zero-order valence-corrected chi connectivity index (χ0v) is 13.8. The molecule has 0 spiro atoms. The smallest absolute Gasteiger partial charge is 0.217 e. The Morgan fingerprint density at radius 3 is 2.57 bits per heavy atom. The average Bonchev–Trinajstić information content (AvgIpc) is 2.93. The maximum atomic E-state index is 12.4. The Hall–Kier alpha value is -0.920. The van der Waals surface area contributed by atoms with E-state index in [4.69, 9.17) is 4.74 Å². The van der Waals surface area contributed by atoms with Crippen molar-refractivity contribution in [3.8, 4) is 0 Å². The molecule has 0 radical (unpaired) electrons. The van der Waals surface area contributed by atoms with E-state index in [9.17, 15) is 8.42 Å². The Morgan fingerprint density at radius 2 is 2.05 bits per heavy atom. The molecule has 0 unspecified atom stereocenters. The van der Waals surface area contributed by atoms with Gasteiger partial charge in [0.2, 0.25) is 10.0 Å². The van der Waals surface area contributed by atoms with Crippen LogP contribution in [-0.4, -0.2) is 35.6 Å². The van der Waals surface area contributed by atoms with Crippen LogP contribution in [0.4, 0.5) is 0 Å². The van der Waals surface area contributed by atoms with Gasteiger partial charge in [-0.05, 0) is 40.0 Å². The fourth-order valence-corrected chi connectivity index (χ4v) is 4.55. The van der Waals surface area contributed by atoms with Crippen LogP contribution in [0.2, 0.25) is 0 Å². The molecule has 0 aromatic carbocycles. The molecule has 6 nitrogen and oxygen atoms in total. The molecule has 1 aliphatic carbocycles. The van der Waals surface area contributed by atoms with E-state index in [-0.39, 0.29) is 12.1 Å². The van der Waals surface area contributed by atoms with Crippen LogP contribution in [-0.2, 0) is 21.8 Å². The second-order valence-corrected chi connectivity index (χ2v) is 8.69. The van der Waals surface area contributed by atoms with Crippen LogP contribution < -0.4 is 4.72 Å². The lowest BCUT2D eigenvalue weighted by molar-refractivity contribution is 0.101. The minimum absolute atomic E-state index is 0.200. The first-order valence-corrected chi connectivity index (χ1v) is 8.87. The number of nitrogens with one attached hydrogen (secondary N) is 1. The Labute approximate surface area is 125 Å². The van der Waals surface area contributed by atoms with Crippen LogP contribution in [0.3, 0.4) is 0 Å².